The summed E-state index contributed by atoms with van der Waals surface area (Å²) in [5.41, 5.74) is 4.24. The Kier molecular flexibility index (Phi) is 6.55. The van der Waals surface area contributed by atoms with Crippen LogP contribution in [0.2, 0.25) is 5.02 Å². The first-order valence-corrected chi connectivity index (χ1v) is 9.56. The van der Waals surface area contributed by atoms with Crippen molar-refractivity contribution in [3.8, 4) is 11.8 Å². The Labute approximate surface area is 189 Å². The van der Waals surface area contributed by atoms with Gasteiger partial charge in [0.15, 0.2) is 0 Å². The molecular weight excluding hydrogens is 461 g/mol. The van der Waals surface area contributed by atoms with E-state index in [9.17, 15) is 22.8 Å². The molecule has 3 aromatic rings. The number of nitrogens with zero attached hydrogens (tertiary/aromatic N) is 3. The van der Waals surface area contributed by atoms with E-state index in [1.54, 1.807) is 6.07 Å². The van der Waals surface area contributed by atoms with Crippen molar-refractivity contribution >= 4 is 29.5 Å². The summed E-state index contributed by atoms with van der Waals surface area (Å²) in [5, 5.41) is 18.2. The van der Waals surface area contributed by atoms with Crippen molar-refractivity contribution in [3.05, 3.63) is 92.5 Å². The number of carboxylic acid groups (broad SMARTS) is 1. The smallest absolute Gasteiger partial charge is 0.399 e. The number of rotatable bonds is 5. The summed E-state index contributed by atoms with van der Waals surface area (Å²) in [6.45, 7) is 0. The van der Waals surface area contributed by atoms with Gasteiger partial charge in [0.1, 0.15) is 11.9 Å². The molecule has 0 saturated heterocycles. The second kappa shape index (κ2) is 9.18. The molecule has 0 aliphatic heterocycles. The van der Waals surface area contributed by atoms with Gasteiger partial charge >= 0.3 is 17.8 Å². The lowest BCUT2D eigenvalue weighted by molar-refractivity contribution is -0.139. The van der Waals surface area contributed by atoms with Gasteiger partial charge in [0.2, 0.25) is 0 Å². The highest BCUT2D eigenvalue weighted by molar-refractivity contribution is 6.30. The molecule has 0 bridgehead atoms. The number of aromatic nitrogens is 2. The minimum absolute atomic E-state index is 0.0357. The predicted molar refractivity (Wildman–Crippen MR) is 115 cm³/mol. The van der Waals surface area contributed by atoms with Crippen LogP contribution in [0, 0.1) is 11.3 Å². The molecule has 1 atom stereocenters. The molecule has 1 unspecified atom stereocenters. The normalized spacial score (nSPS) is 12.5. The van der Waals surface area contributed by atoms with Gasteiger partial charge in [-0.05, 0) is 47.5 Å². The van der Waals surface area contributed by atoms with Crippen LogP contribution >= 0.6 is 11.6 Å². The Morgan fingerprint density at radius 2 is 1.97 bits per heavy atom. The molecule has 33 heavy (non-hydrogen) atoms. The third-order valence-corrected chi connectivity index (χ3v) is 4.81. The van der Waals surface area contributed by atoms with Crippen LogP contribution in [0.4, 0.5) is 19.0 Å². The first-order valence-electron chi connectivity index (χ1n) is 9.18. The van der Waals surface area contributed by atoms with Crippen molar-refractivity contribution in [2.75, 3.05) is 5.73 Å². The van der Waals surface area contributed by atoms with Crippen LogP contribution in [0.3, 0.4) is 0 Å². The predicted octanol–water partition coefficient (Wildman–Crippen LogP) is 4.40. The SMILES string of the molecule is N#Cc1cc(/C=C/C(c2cc(Cl)cc(-n3ccc(N)nc3=O)c2)C(F)(F)F)ccc1C(=O)O. The lowest BCUT2D eigenvalue weighted by atomic mass is 9.96. The molecule has 0 amide bonds. The van der Waals surface area contributed by atoms with Gasteiger partial charge in [0.25, 0.3) is 0 Å². The number of hydrogen-bond donors (Lipinski definition) is 2. The minimum atomic E-state index is -4.72. The van der Waals surface area contributed by atoms with Crippen molar-refractivity contribution in [1.29, 1.82) is 5.26 Å². The number of allylic oxidation sites excluding steroid dienone is 1. The number of carboxylic acids is 1. The van der Waals surface area contributed by atoms with Crippen molar-refractivity contribution in [2.24, 2.45) is 0 Å². The summed E-state index contributed by atoms with van der Waals surface area (Å²) >= 11 is 6.04. The number of nitrogen functional groups attached to an aromatic ring is 1. The van der Waals surface area contributed by atoms with E-state index < -0.39 is 23.8 Å². The number of hydrogen-bond acceptors (Lipinski definition) is 5. The molecule has 168 valence electrons. The molecule has 0 saturated carbocycles. The third-order valence-electron chi connectivity index (χ3n) is 4.60. The van der Waals surface area contributed by atoms with E-state index in [1.165, 1.54) is 30.5 Å². The first kappa shape index (κ1) is 23.6. The van der Waals surface area contributed by atoms with Crippen LogP contribution in [-0.4, -0.2) is 26.8 Å². The van der Waals surface area contributed by atoms with Crippen LogP contribution in [0.5, 0.6) is 0 Å². The van der Waals surface area contributed by atoms with Gasteiger partial charge in [-0.1, -0.05) is 29.8 Å². The molecule has 2 aromatic carbocycles. The summed E-state index contributed by atoms with van der Waals surface area (Å²) in [6.07, 6.45) is -1.47. The summed E-state index contributed by atoms with van der Waals surface area (Å²) in [5.74, 6) is -3.48. The van der Waals surface area contributed by atoms with Crippen LogP contribution in [0.15, 0.2) is 59.5 Å². The van der Waals surface area contributed by atoms with E-state index in [1.807, 2.05) is 0 Å². The van der Waals surface area contributed by atoms with Crippen molar-refractivity contribution < 1.29 is 23.1 Å². The fourth-order valence-corrected chi connectivity index (χ4v) is 3.33. The molecule has 0 radical (unpaired) electrons. The molecular formula is C22H14ClF3N4O3. The van der Waals surface area contributed by atoms with Gasteiger partial charge in [-0.3, -0.25) is 4.57 Å². The molecule has 3 rings (SSSR count). The highest BCUT2D eigenvalue weighted by Gasteiger charge is 2.39. The average Bonchev–Trinajstić information content (AvgIpc) is 2.72. The fraction of sp³-hybridized carbons (Fsp3) is 0.0909. The molecule has 0 aliphatic rings. The maximum atomic E-state index is 13.9. The van der Waals surface area contributed by atoms with E-state index >= 15 is 0 Å². The monoisotopic (exact) mass is 474 g/mol. The standard InChI is InChI=1S/C22H14ClF3N4O3/c23-15-8-13(9-16(10-15)30-6-5-19(28)29-21(30)33)18(22(24,25)26)4-2-12-1-3-17(20(31)32)14(7-12)11-27/h1-10,18H,(H,31,32)(H2,28,29,33)/b4-2+. The largest absolute Gasteiger partial charge is 0.478 e. The number of nitrogens with two attached hydrogens (primary N) is 1. The second-order valence-electron chi connectivity index (χ2n) is 6.85. The van der Waals surface area contributed by atoms with Gasteiger partial charge in [0.05, 0.1) is 22.7 Å². The van der Waals surface area contributed by atoms with Gasteiger partial charge in [0, 0.05) is 11.2 Å². The molecule has 0 aliphatic carbocycles. The number of anilines is 1. The Bertz CT molecular complexity index is 1360. The van der Waals surface area contributed by atoms with Crippen molar-refractivity contribution in [3.63, 3.8) is 0 Å². The minimum Gasteiger partial charge on any atom is -0.478 e. The van der Waals surface area contributed by atoms with E-state index in [2.05, 4.69) is 4.98 Å². The maximum Gasteiger partial charge on any atom is 0.399 e. The molecule has 3 N–H and O–H groups in total. The van der Waals surface area contributed by atoms with Gasteiger partial charge in [-0.2, -0.15) is 23.4 Å². The Morgan fingerprint density at radius 3 is 2.58 bits per heavy atom. The highest BCUT2D eigenvalue weighted by atomic mass is 35.5. The molecule has 11 heteroatoms. The van der Waals surface area contributed by atoms with Crippen LogP contribution in [0.1, 0.15) is 33.0 Å². The zero-order chi connectivity index (χ0) is 24.3. The zero-order valence-electron chi connectivity index (χ0n) is 16.5. The first-order chi connectivity index (χ1) is 15.5. The fourth-order valence-electron chi connectivity index (χ4n) is 3.09. The Balaban J connectivity index is 2.06. The maximum absolute atomic E-state index is 13.9. The van der Waals surface area contributed by atoms with Gasteiger partial charge in [-0.25, -0.2) is 9.59 Å². The van der Waals surface area contributed by atoms with Crippen LogP contribution < -0.4 is 11.4 Å². The quantitative estimate of drug-likeness (QED) is 0.565. The van der Waals surface area contributed by atoms with Gasteiger partial charge < -0.3 is 10.8 Å². The topological polar surface area (TPSA) is 122 Å². The van der Waals surface area contributed by atoms with Crippen LogP contribution in [-0.2, 0) is 0 Å². The lowest BCUT2D eigenvalue weighted by Gasteiger charge is -2.19. The van der Waals surface area contributed by atoms with E-state index in [-0.39, 0.29) is 38.8 Å². The Hall–Kier alpha value is -4.10. The van der Waals surface area contributed by atoms with E-state index in [0.717, 1.165) is 34.9 Å². The summed E-state index contributed by atoms with van der Waals surface area (Å²) in [6, 6.07) is 10.2. The van der Waals surface area contributed by atoms with Crippen molar-refractivity contribution in [1.82, 2.24) is 9.55 Å². The Morgan fingerprint density at radius 1 is 1.24 bits per heavy atom. The van der Waals surface area contributed by atoms with Crippen molar-refractivity contribution in [2.45, 2.75) is 12.1 Å². The average molecular weight is 475 g/mol. The number of benzene rings is 2. The number of carbonyl (C=O) groups is 1. The summed E-state index contributed by atoms with van der Waals surface area (Å²) in [4.78, 5) is 26.8. The molecule has 1 heterocycles. The molecule has 0 fully saturated rings. The molecule has 7 nitrogen and oxygen atoms in total. The number of alkyl halides is 3. The van der Waals surface area contributed by atoms with Crippen LogP contribution in [0.25, 0.3) is 11.8 Å². The molecule has 1 aromatic heterocycles. The zero-order valence-corrected chi connectivity index (χ0v) is 17.3. The number of nitriles is 1. The number of halogens is 4. The summed E-state index contributed by atoms with van der Waals surface area (Å²) < 4.78 is 42.7. The third kappa shape index (κ3) is 5.39. The summed E-state index contributed by atoms with van der Waals surface area (Å²) in [7, 11) is 0. The molecule has 0 spiro atoms. The van der Waals surface area contributed by atoms with E-state index in [0.29, 0.717) is 0 Å². The van der Waals surface area contributed by atoms with Gasteiger partial charge in [-0.15, -0.1) is 0 Å². The lowest BCUT2D eigenvalue weighted by Crippen LogP contribution is -2.23. The van der Waals surface area contributed by atoms with E-state index in [4.69, 9.17) is 27.7 Å². The highest BCUT2D eigenvalue weighted by Crippen LogP contribution is 2.38. The number of aromatic carboxylic acids is 1. The second-order valence-corrected chi connectivity index (χ2v) is 7.28.